The van der Waals surface area contributed by atoms with Crippen LogP contribution in [-0.2, 0) is 0 Å². The molecule has 0 heterocycles. The van der Waals surface area contributed by atoms with E-state index in [1.165, 1.54) is 6.21 Å². The zero-order chi connectivity index (χ0) is 29.2. The van der Waals surface area contributed by atoms with E-state index in [1.807, 2.05) is 13.8 Å². The van der Waals surface area contributed by atoms with Crippen LogP contribution >= 0.6 is 15.9 Å². The van der Waals surface area contributed by atoms with Gasteiger partial charge in [0.1, 0.15) is 0 Å². The highest BCUT2D eigenvalue weighted by Crippen LogP contribution is 2.42. The second-order valence-corrected chi connectivity index (χ2v) is 8.61. The molecule has 40 heavy (non-hydrogen) atoms. The monoisotopic (exact) mass is 616 g/mol. The van der Waals surface area contributed by atoms with Gasteiger partial charge in [0.15, 0.2) is 23.0 Å². The Balaban J connectivity index is 1.83. The van der Waals surface area contributed by atoms with Crippen LogP contribution in [0.5, 0.6) is 28.7 Å². The van der Waals surface area contributed by atoms with E-state index in [0.717, 1.165) is 18.2 Å². The van der Waals surface area contributed by atoms with Crippen LogP contribution in [0.3, 0.4) is 0 Å². The van der Waals surface area contributed by atoms with Gasteiger partial charge in [0.2, 0.25) is 5.75 Å². The van der Waals surface area contributed by atoms with Crippen molar-refractivity contribution in [3.8, 4) is 28.7 Å². The van der Waals surface area contributed by atoms with Crippen LogP contribution in [0, 0.1) is 20.2 Å². The van der Waals surface area contributed by atoms with Gasteiger partial charge in [-0.2, -0.15) is 5.10 Å². The third-order valence-corrected chi connectivity index (χ3v) is 5.67. The average Bonchev–Trinajstić information content (AvgIpc) is 2.91. The fourth-order valence-corrected chi connectivity index (χ4v) is 3.95. The number of nitro groups is 2. The lowest BCUT2D eigenvalue weighted by Crippen LogP contribution is -2.17. The summed E-state index contributed by atoms with van der Waals surface area (Å²) in [6.07, 6.45) is 1.38. The molecule has 0 fully saturated rings. The van der Waals surface area contributed by atoms with Gasteiger partial charge in [0.05, 0.1) is 46.4 Å². The highest BCUT2D eigenvalue weighted by atomic mass is 79.9. The van der Waals surface area contributed by atoms with Gasteiger partial charge in [-0.1, -0.05) is 0 Å². The molecule has 0 bridgehead atoms. The molecule has 3 rings (SSSR count). The number of nitrogens with zero attached hydrogens (tertiary/aromatic N) is 3. The minimum absolute atomic E-state index is 0.109. The van der Waals surface area contributed by atoms with Gasteiger partial charge in [0, 0.05) is 11.6 Å². The molecule has 0 saturated heterocycles. The van der Waals surface area contributed by atoms with Crippen molar-refractivity contribution in [2.45, 2.75) is 20.8 Å². The summed E-state index contributed by atoms with van der Waals surface area (Å²) in [5.74, 6) is 0.597. The Kier molecular flexibility index (Phi) is 10.4. The summed E-state index contributed by atoms with van der Waals surface area (Å²) < 4.78 is 22.8. The van der Waals surface area contributed by atoms with Gasteiger partial charge in [-0.3, -0.25) is 25.0 Å². The van der Waals surface area contributed by atoms with Crippen LogP contribution in [0.25, 0.3) is 0 Å². The Morgan fingerprint density at radius 1 is 0.875 bits per heavy atom. The number of hydrazone groups is 1. The molecule has 3 aromatic rings. The van der Waals surface area contributed by atoms with Crippen molar-refractivity contribution < 1.29 is 33.6 Å². The van der Waals surface area contributed by atoms with Crippen LogP contribution in [0.2, 0.25) is 0 Å². The second-order valence-electron chi connectivity index (χ2n) is 7.76. The Bertz CT molecular complexity index is 1450. The maximum Gasteiger partial charge on any atom is 0.318 e. The first-order valence-corrected chi connectivity index (χ1v) is 12.8. The molecule has 13 nitrogen and oxygen atoms in total. The molecule has 1 N–H and O–H groups in total. The maximum atomic E-state index is 12.6. The smallest absolute Gasteiger partial charge is 0.318 e. The SMILES string of the molecule is CCOc1ccc(C(=O)N/N=C/c2cc(Br)c(Oc3ccc([N+](=O)[O-])cc3[N+](=O)[O-])c(OCC)c2)cc1OCC. The van der Waals surface area contributed by atoms with Crippen LogP contribution in [0.15, 0.2) is 58.1 Å². The zero-order valence-corrected chi connectivity index (χ0v) is 23.3. The zero-order valence-electron chi connectivity index (χ0n) is 21.7. The van der Waals surface area contributed by atoms with Crippen molar-refractivity contribution in [3.05, 3.63) is 84.4 Å². The van der Waals surface area contributed by atoms with Gasteiger partial charge in [-0.15, -0.1) is 0 Å². The molecule has 0 spiro atoms. The Morgan fingerprint density at radius 2 is 1.52 bits per heavy atom. The van der Waals surface area contributed by atoms with E-state index >= 15 is 0 Å². The van der Waals surface area contributed by atoms with Crippen LogP contribution in [-0.4, -0.2) is 41.8 Å². The van der Waals surface area contributed by atoms with E-state index in [2.05, 4.69) is 26.5 Å². The Labute approximate surface area is 237 Å². The molecule has 210 valence electrons. The number of halogens is 1. The molecule has 0 atom stereocenters. The number of non-ortho nitro benzene ring substituents is 1. The van der Waals surface area contributed by atoms with E-state index < -0.39 is 27.1 Å². The summed E-state index contributed by atoms with van der Waals surface area (Å²) in [5.41, 5.74) is 2.23. The molecule has 0 aliphatic carbocycles. The number of carbonyl (C=O) groups is 1. The van der Waals surface area contributed by atoms with E-state index in [0.29, 0.717) is 40.3 Å². The second kappa shape index (κ2) is 13.9. The highest BCUT2D eigenvalue weighted by molar-refractivity contribution is 9.10. The summed E-state index contributed by atoms with van der Waals surface area (Å²) in [5, 5.41) is 26.5. The topological polar surface area (TPSA) is 165 Å². The molecule has 3 aromatic carbocycles. The fourth-order valence-electron chi connectivity index (χ4n) is 3.41. The van der Waals surface area contributed by atoms with Crippen molar-refractivity contribution in [2.24, 2.45) is 5.10 Å². The molecular weight excluding hydrogens is 592 g/mol. The van der Waals surface area contributed by atoms with Crippen molar-refractivity contribution in [2.75, 3.05) is 19.8 Å². The van der Waals surface area contributed by atoms with Crippen molar-refractivity contribution in [3.63, 3.8) is 0 Å². The van der Waals surface area contributed by atoms with Crippen molar-refractivity contribution >= 4 is 39.4 Å². The Hall–Kier alpha value is -4.72. The fraction of sp³-hybridized carbons (Fsp3) is 0.231. The summed E-state index contributed by atoms with van der Waals surface area (Å²) in [7, 11) is 0. The molecule has 0 aromatic heterocycles. The number of amides is 1. The molecule has 0 aliphatic heterocycles. The lowest BCUT2D eigenvalue weighted by Gasteiger charge is -2.14. The number of nitro benzene ring substituents is 2. The first kappa shape index (κ1) is 29.8. The number of ether oxygens (including phenoxy) is 4. The number of benzene rings is 3. The van der Waals surface area contributed by atoms with E-state index in [1.54, 1.807) is 37.3 Å². The quantitative estimate of drug-likeness (QED) is 0.137. The molecule has 0 saturated carbocycles. The lowest BCUT2D eigenvalue weighted by atomic mass is 10.2. The minimum atomic E-state index is -0.776. The number of hydrogen-bond acceptors (Lipinski definition) is 10. The minimum Gasteiger partial charge on any atom is -0.490 e. The third kappa shape index (κ3) is 7.44. The van der Waals surface area contributed by atoms with Gasteiger partial charge in [0.25, 0.3) is 11.6 Å². The first-order valence-electron chi connectivity index (χ1n) is 12.0. The van der Waals surface area contributed by atoms with Crippen molar-refractivity contribution in [1.82, 2.24) is 5.43 Å². The van der Waals surface area contributed by atoms with Gasteiger partial charge < -0.3 is 18.9 Å². The van der Waals surface area contributed by atoms with Gasteiger partial charge in [-0.25, -0.2) is 5.43 Å². The van der Waals surface area contributed by atoms with E-state index in [-0.39, 0.29) is 23.9 Å². The van der Waals surface area contributed by atoms with Gasteiger partial charge >= 0.3 is 5.69 Å². The molecule has 0 radical (unpaired) electrons. The standard InChI is InChI=1S/C26H25BrN4O9/c1-4-37-22-9-7-17(13-23(22)38-5-2)26(32)29-28-15-16-11-19(27)25(24(12-16)39-6-3)40-21-10-8-18(30(33)34)14-20(21)31(35)36/h7-15H,4-6H2,1-3H3,(H,29,32)/b28-15+. The largest absolute Gasteiger partial charge is 0.490 e. The number of rotatable bonds is 13. The van der Waals surface area contributed by atoms with Crippen LogP contribution < -0.4 is 24.4 Å². The molecular formula is C26H25BrN4O9. The number of hydrogen-bond donors (Lipinski definition) is 1. The highest BCUT2D eigenvalue weighted by Gasteiger charge is 2.23. The summed E-state index contributed by atoms with van der Waals surface area (Å²) in [6.45, 7) is 6.49. The first-order chi connectivity index (χ1) is 19.2. The Morgan fingerprint density at radius 3 is 2.17 bits per heavy atom. The van der Waals surface area contributed by atoms with E-state index in [4.69, 9.17) is 18.9 Å². The number of nitrogens with one attached hydrogen (secondary N) is 1. The summed E-state index contributed by atoms with van der Waals surface area (Å²) >= 11 is 3.37. The predicted octanol–water partition coefficient (Wildman–Crippen LogP) is 6.02. The predicted molar refractivity (Wildman–Crippen MR) is 149 cm³/mol. The molecule has 0 aliphatic rings. The molecule has 1 amide bonds. The van der Waals surface area contributed by atoms with Crippen LogP contribution in [0.4, 0.5) is 11.4 Å². The lowest BCUT2D eigenvalue weighted by molar-refractivity contribution is -0.394. The maximum absolute atomic E-state index is 12.6. The summed E-state index contributed by atoms with van der Waals surface area (Å²) in [4.78, 5) is 33.7. The molecule has 14 heteroatoms. The average molecular weight is 617 g/mol. The summed E-state index contributed by atoms with van der Waals surface area (Å²) in [6, 6.07) is 11.0. The third-order valence-electron chi connectivity index (χ3n) is 5.08. The van der Waals surface area contributed by atoms with E-state index in [9.17, 15) is 25.0 Å². The van der Waals surface area contributed by atoms with Crippen LogP contribution in [0.1, 0.15) is 36.7 Å². The van der Waals surface area contributed by atoms with Gasteiger partial charge in [-0.05, 0) is 78.7 Å². The van der Waals surface area contributed by atoms with Crippen molar-refractivity contribution in [1.29, 1.82) is 0 Å². The number of carbonyl (C=O) groups excluding carboxylic acids is 1. The normalized spacial score (nSPS) is 10.7. The molecule has 0 unspecified atom stereocenters.